The van der Waals surface area contributed by atoms with Crippen LogP contribution in [0.4, 0.5) is 0 Å². The predicted octanol–water partition coefficient (Wildman–Crippen LogP) is 5.73. The molecule has 0 aromatic carbocycles. The summed E-state index contributed by atoms with van der Waals surface area (Å²) in [4.78, 5) is 0. The molecule has 0 N–H and O–H groups in total. The van der Waals surface area contributed by atoms with Gasteiger partial charge in [0.2, 0.25) is 0 Å². The lowest BCUT2D eigenvalue weighted by Gasteiger charge is -2.38. The molecule has 0 saturated carbocycles. The highest BCUT2D eigenvalue weighted by molar-refractivity contribution is 6.87. The highest BCUT2D eigenvalue weighted by Crippen LogP contribution is 2.26. The summed E-state index contributed by atoms with van der Waals surface area (Å²) in [6.07, 6.45) is 6.65. The van der Waals surface area contributed by atoms with Crippen LogP contribution >= 0.6 is 0 Å². The van der Waals surface area contributed by atoms with Gasteiger partial charge in [0.25, 0.3) is 0 Å². The Balaban J connectivity index is 4.41. The highest BCUT2D eigenvalue weighted by atomic mass is 28.5. The molecule has 0 aromatic heterocycles. The number of rotatable bonds is 10. The Morgan fingerprint density at radius 2 is 1.05 bits per heavy atom. The zero-order valence-electron chi connectivity index (χ0n) is 14.6. The molecule has 116 valence electrons. The van der Waals surface area contributed by atoms with Crippen LogP contribution in [0.25, 0.3) is 0 Å². The van der Waals surface area contributed by atoms with Crippen LogP contribution in [0.1, 0.15) is 39.0 Å². The standard InChI is InChI=1S/C14H36O2Si3/c1-9-10-11-12-13-14-19(8,15-17(2,3)4)16-18(5,6)7/h9-14H2,1-8H3. The molecule has 0 unspecified atom stereocenters. The molecule has 0 bridgehead atoms. The number of unbranched alkanes of at least 4 members (excludes halogenated alkanes) is 4. The lowest BCUT2D eigenvalue weighted by molar-refractivity contribution is 0.380. The van der Waals surface area contributed by atoms with Gasteiger partial charge in [-0.3, -0.25) is 0 Å². The summed E-state index contributed by atoms with van der Waals surface area (Å²) in [5, 5.41) is 0. The average molecular weight is 321 g/mol. The first kappa shape index (κ1) is 19.6. The molecule has 0 aromatic rings. The molecular formula is C14H36O2Si3. The fourth-order valence-corrected chi connectivity index (χ4v) is 15.1. The highest BCUT2D eigenvalue weighted by Gasteiger charge is 2.39. The third kappa shape index (κ3) is 12.1. The fraction of sp³-hybridized carbons (Fsp3) is 1.00. The van der Waals surface area contributed by atoms with Crippen molar-refractivity contribution in [2.75, 3.05) is 0 Å². The predicted molar refractivity (Wildman–Crippen MR) is 94.0 cm³/mol. The van der Waals surface area contributed by atoms with Crippen molar-refractivity contribution in [3.63, 3.8) is 0 Å². The quantitative estimate of drug-likeness (QED) is 0.378. The van der Waals surface area contributed by atoms with E-state index in [4.69, 9.17) is 8.23 Å². The third-order valence-corrected chi connectivity index (χ3v) is 12.4. The van der Waals surface area contributed by atoms with Gasteiger partial charge in [-0.05, 0) is 51.9 Å². The number of hydrogen-bond acceptors (Lipinski definition) is 2. The van der Waals surface area contributed by atoms with Crippen LogP contribution in [0.15, 0.2) is 0 Å². The molecule has 0 amide bonds. The smallest absolute Gasteiger partial charge is 0.314 e. The first-order chi connectivity index (χ1) is 8.47. The maximum Gasteiger partial charge on any atom is 0.314 e. The van der Waals surface area contributed by atoms with E-state index >= 15 is 0 Å². The van der Waals surface area contributed by atoms with Gasteiger partial charge in [0.15, 0.2) is 16.6 Å². The van der Waals surface area contributed by atoms with Gasteiger partial charge in [-0.1, -0.05) is 39.0 Å². The Kier molecular flexibility index (Phi) is 8.36. The van der Waals surface area contributed by atoms with Crippen LogP contribution in [0.3, 0.4) is 0 Å². The minimum absolute atomic E-state index is 1.17. The van der Waals surface area contributed by atoms with Crippen LogP contribution in [-0.4, -0.2) is 25.2 Å². The van der Waals surface area contributed by atoms with E-state index in [1.165, 1.54) is 38.1 Å². The molecule has 0 aliphatic heterocycles. The Hall–Kier alpha value is 0.571. The van der Waals surface area contributed by atoms with E-state index in [0.29, 0.717) is 0 Å². The zero-order valence-corrected chi connectivity index (χ0v) is 17.6. The van der Waals surface area contributed by atoms with Crippen molar-refractivity contribution in [3.05, 3.63) is 0 Å². The van der Waals surface area contributed by atoms with Gasteiger partial charge >= 0.3 is 8.56 Å². The van der Waals surface area contributed by atoms with E-state index in [1.54, 1.807) is 0 Å². The maximum absolute atomic E-state index is 6.50. The Bertz CT molecular complexity index is 228. The molecule has 0 heterocycles. The van der Waals surface area contributed by atoms with E-state index < -0.39 is 25.2 Å². The lowest BCUT2D eigenvalue weighted by Crippen LogP contribution is -2.52. The van der Waals surface area contributed by atoms with E-state index in [0.717, 1.165) is 0 Å². The molecule has 0 radical (unpaired) electrons. The molecule has 0 aliphatic rings. The summed E-state index contributed by atoms with van der Waals surface area (Å²) in [6, 6.07) is 1.17. The normalized spacial score (nSPS) is 13.9. The SMILES string of the molecule is CCCCCCC[Si](C)(O[Si](C)(C)C)O[Si](C)(C)C. The Morgan fingerprint density at radius 1 is 0.632 bits per heavy atom. The van der Waals surface area contributed by atoms with Gasteiger partial charge in [0.1, 0.15) is 0 Å². The molecular weight excluding hydrogens is 284 g/mol. The van der Waals surface area contributed by atoms with Gasteiger partial charge < -0.3 is 8.23 Å². The van der Waals surface area contributed by atoms with Crippen LogP contribution in [-0.2, 0) is 8.23 Å². The second kappa shape index (κ2) is 8.12. The Labute approximate surface area is 124 Å². The molecule has 0 rings (SSSR count). The lowest BCUT2D eigenvalue weighted by atomic mass is 10.2. The monoisotopic (exact) mass is 320 g/mol. The third-order valence-electron chi connectivity index (χ3n) is 2.78. The van der Waals surface area contributed by atoms with Crippen molar-refractivity contribution >= 4 is 25.2 Å². The average Bonchev–Trinajstić information content (AvgIpc) is 2.10. The topological polar surface area (TPSA) is 18.5 Å². The van der Waals surface area contributed by atoms with Crippen LogP contribution < -0.4 is 0 Å². The second-order valence-electron chi connectivity index (χ2n) is 7.73. The van der Waals surface area contributed by atoms with Crippen molar-refractivity contribution in [2.45, 2.75) is 90.9 Å². The van der Waals surface area contributed by atoms with Gasteiger partial charge in [0.05, 0.1) is 0 Å². The molecule has 0 aliphatic carbocycles. The van der Waals surface area contributed by atoms with Crippen LogP contribution in [0, 0.1) is 0 Å². The van der Waals surface area contributed by atoms with Gasteiger partial charge in [-0.15, -0.1) is 0 Å². The van der Waals surface area contributed by atoms with Crippen molar-refractivity contribution in [2.24, 2.45) is 0 Å². The minimum atomic E-state index is -1.96. The largest absolute Gasteiger partial charge is 0.437 e. The van der Waals surface area contributed by atoms with E-state index in [-0.39, 0.29) is 0 Å². The minimum Gasteiger partial charge on any atom is -0.437 e. The van der Waals surface area contributed by atoms with Gasteiger partial charge in [0, 0.05) is 0 Å². The summed E-state index contributed by atoms with van der Waals surface area (Å²) in [6.45, 7) is 18.2. The number of hydrogen-bond donors (Lipinski definition) is 0. The van der Waals surface area contributed by atoms with E-state index in [9.17, 15) is 0 Å². The molecule has 0 saturated heterocycles. The molecule has 0 spiro atoms. The first-order valence-corrected chi connectivity index (χ1v) is 17.2. The van der Waals surface area contributed by atoms with Crippen molar-refractivity contribution < 1.29 is 8.23 Å². The zero-order chi connectivity index (χ0) is 15.2. The molecule has 2 nitrogen and oxygen atoms in total. The molecule has 5 heteroatoms. The summed E-state index contributed by atoms with van der Waals surface area (Å²) in [5.74, 6) is 0. The molecule has 0 fully saturated rings. The summed E-state index contributed by atoms with van der Waals surface area (Å²) in [7, 11) is -4.97. The van der Waals surface area contributed by atoms with E-state index in [2.05, 4.69) is 52.8 Å². The fourth-order valence-electron chi connectivity index (χ4n) is 2.47. The van der Waals surface area contributed by atoms with Crippen LogP contribution in [0.5, 0.6) is 0 Å². The van der Waals surface area contributed by atoms with Crippen molar-refractivity contribution in [1.29, 1.82) is 0 Å². The first-order valence-electron chi connectivity index (χ1n) is 7.88. The van der Waals surface area contributed by atoms with Crippen molar-refractivity contribution in [3.8, 4) is 0 Å². The molecule has 19 heavy (non-hydrogen) atoms. The van der Waals surface area contributed by atoms with Gasteiger partial charge in [-0.25, -0.2) is 0 Å². The van der Waals surface area contributed by atoms with Crippen LogP contribution in [0.2, 0.25) is 51.9 Å². The second-order valence-corrected chi connectivity index (χ2v) is 20.6. The van der Waals surface area contributed by atoms with E-state index in [1.807, 2.05) is 0 Å². The maximum atomic E-state index is 6.50. The van der Waals surface area contributed by atoms with Crippen molar-refractivity contribution in [1.82, 2.24) is 0 Å². The molecule has 0 atom stereocenters. The summed E-state index contributed by atoms with van der Waals surface area (Å²) < 4.78 is 13.0. The summed E-state index contributed by atoms with van der Waals surface area (Å²) >= 11 is 0. The van der Waals surface area contributed by atoms with Gasteiger partial charge in [-0.2, -0.15) is 0 Å². The summed E-state index contributed by atoms with van der Waals surface area (Å²) in [5.41, 5.74) is 0. The Morgan fingerprint density at radius 3 is 1.42 bits per heavy atom.